The quantitative estimate of drug-likeness (QED) is 0.368. The topological polar surface area (TPSA) is 61.2 Å². The van der Waals surface area contributed by atoms with Gasteiger partial charge in [0.25, 0.3) is 5.56 Å². The number of benzene rings is 1. The van der Waals surface area contributed by atoms with Gasteiger partial charge in [-0.15, -0.1) is 11.3 Å². The predicted molar refractivity (Wildman–Crippen MR) is 109 cm³/mol. The first-order valence-electron chi connectivity index (χ1n) is 8.81. The number of ether oxygens (including phenoxy) is 1. The molecule has 0 saturated carbocycles. The van der Waals surface area contributed by atoms with E-state index in [0.29, 0.717) is 16.5 Å². The van der Waals surface area contributed by atoms with Crippen LogP contribution in [0.1, 0.15) is 39.7 Å². The molecular formula is C20H20N2O3S2. The highest BCUT2D eigenvalue weighted by Gasteiger charge is 2.22. The lowest BCUT2D eigenvalue weighted by Gasteiger charge is -2.11. The minimum atomic E-state index is 0.0175. The number of methoxy groups -OCH3 is 1. The number of aryl methyl sites for hydroxylation is 2. The Morgan fingerprint density at radius 3 is 2.93 bits per heavy atom. The number of nitrogens with zero attached hydrogens (tertiary/aromatic N) is 2. The number of carbonyl (C=O) groups excluding carboxylic acids is 1. The maximum atomic E-state index is 12.9. The minimum absolute atomic E-state index is 0.0175. The van der Waals surface area contributed by atoms with Crippen LogP contribution in [0.3, 0.4) is 0 Å². The van der Waals surface area contributed by atoms with Gasteiger partial charge in [0.1, 0.15) is 10.6 Å². The number of aromatic nitrogens is 2. The Morgan fingerprint density at radius 1 is 1.37 bits per heavy atom. The molecule has 0 N–H and O–H groups in total. The van der Waals surface area contributed by atoms with E-state index in [2.05, 4.69) is 0 Å². The van der Waals surface area contributed by atoms with Crippen molar-refractivity contribution in [2.24, 2.45) is 7.05 Å². The third-order valence-corrected chi connectivity index (χ3v) is 7.21. The zero-order valence-electron chi connectivity index (χ0n) is 15.5. The summed E-state index contributed by atoms with van der Waals surface area (Å²) in [5.74, 6) is 1.32. The molecule has 5 nitrogen and oxygen atoms in total. The van der Waals surface area contributed by atoms with Gasteiger partial charge in [-0.3, -0.25) is 14.2 Å². The molecule has 0 atom stereocenters. The Labute approximate surface area is 165 Å². The van der Waals surface area contributed by atoms with E-state index in [1.165, 1.54) is 22.2 Å². The van der Waals surface area contributed by atoms with Crippen LogP contribution in [0.25, 0.3) is 10.2 Å². The van der Waals surface area contributed by atoms with Gasteiger partial charge in [-0.05, 0) is 49.9 Å². The van der Waals surface area contributed by atoms with Crippen molar-refractivity contribution >= 4 is 39.1 Å². The molecule has 0 fully saturated rings. The molecule has 140 valence electrons. The summed E-state index contributed by atoms with van der Waals surface area (Å²) in [6.07, 6.45) is 3.16. The summed E-state index contributed by atoms with van der Waals surface area (Å²) in [6, 6.07) is 5.43. The number of thiophene rings is 1. The molecule has 0 saturated heterocycles. The average molecular weight is 401 g/mol. The van der Waals surface area contributed by atoms with Gasteiger partial charge in [0.05, 0.1) is 12.5 Å². The molecule has 0 amide bonds. The van der Waals surface area contributed by atoms with E-state index in [1.807, 2.05) is 12.1 Å². The molecule has 4 rings (SSSR count). The zero-order chi connectivity index (χ0) is 19.1. The third kappa shape index (κ3) is 3.19. The molecular weight excluding hydrogens is 380 g/mol. The molecule has 1 aliphatic carbocycles. The molecule has 3 aromatic rings. The minimum Gasteiger partial charge on any atom is -0.496 e. The molecule has 0 bridgehead atoms. The van der Waals surface area contributed by atoms with Gasteiger partial charge >= 0.3 is 0 Å². The van der Waals surface area contributed by atoms with E-state index in [-0.39, 0.29) is 11.3 Å². The van der Waals surface area contributed by atoms with Crippen LogP contribution in [0.15, 0.2) is 28.2 Å². The second-order valence-electron chi connectivity index (χ2n) is 6.67. The third-order valence-electron chi connectivity index (χ3n) is 4.95. The highest BCUT2D eigenvalue weighted by Crippen LogP contribution is 2.36. The van der Waals surface area contributed by atoms with Crippen molar-refractivity contribution < 1.29 is 9.53 Å². The van der Waals surface area contributed by atoms with Crippen molar-refractivity contribution in [3.63, 3.8) is 0 Å². The summed E-state index contributed by atoms with van der Waals surface area (Å²) in [4.78, 5) is 31.5. The number of rotatable bonds is 5. The fraction of sp³-hybridized carbons (Fsp3) is 0.350. The molecule has 0 radical (unpaired) electrons. The first-order valence-corrected chi connectivity index (χ1v) is 10.6. The fourth-order valence-electron chi connectivity index (χ4n) is 3.49. The maximum absolute atomic E-state index is 12.9. The van der Waals surface area contributed by atoms with Crippen molar-refractivity contribution in [3.8, 4) is 5.75 Å². The van der Waals surface area contributed by atoms with Crippen LogP contribution in [-0.2, 0) is 25.6 Å². The van der Waals surface area contributed by atoms with Crippen molar-refractivity contribution in [3.05, 3.63) is 50.1 Å². The Bertz CT molecular complexity index is 1110. The Morgan fingerprint density at radius 2 is 2.19 bits per heavy atom. The van der Waals surface area contributed by atoms with Crippen LogP contribution in [0.2, 0.25) is 0 Å². The zero-order valence-corrected chi connectivity index (χ0v) is 17.1. The van der Waals surface area contributed by atoms with Gasteiger partial charge in [0.2, 0.25) is 0 Å². The largest absolute Gasteiger partial charge is 0.496 e. The van der Waals surface area contributed by atoms with Crippen molar-refractivity contribution in [1.82, 2.24) is 9.55 Å². The van der Waals surface area contributed by atoms with E-state index in [0.717, 1.165) is 40.8 Å². The van der Waals surface area contributed by atoms with Crippen molar-refractivity contribution in [2.45, 2.75) is 37.1 Å². The molecule has 2 aromatic heterocycles. The summed E-state index contributed by atoms with van der Waals surface area (Å²) in [5.41, 5.74) is 2.80. The van der Waals surface area contributed by atoms with E-state index in [9.17, 15) is 9.59 Å². The number of hydrogen-bond acceptors (Lipinski definition) is 6. The number of ketones is 1. The molecule has 1 aliphatic rings. The summed E-state index contributed by atoms with van der Waals surface area (Å²) < 4.78 is 7.06. The normalized spacial score (nSPS) is 13.1. The van der Waals surface area contributed by atoms with E-state index in [4.69, 9.17) is 9.72 Å². The number of fused-ring (bicyclic) bond motifs is 3. The van der Waals surface area contributed by atoms with Crippen LogP contribution in [0.4, 0.5) is 0 Å². The molecule has 1 aromatic carbocycles. The lowest BCUT2D eigenvalue weighted by molar-refractivity contribution is 0.101. The molecule has 27 heavy (non-hydrogen) atoms. The molecule has 7 heteroatoms. The van der Waals surface area contributed by atoms with Gasteiger partial charge in [-0.25, -0.2) is 4.98 Å². The van der Waals surface area contributed by atoms with Crippen molar-refractivity contribution in [2.75, 3.05) is 7.11 Å². The van der Waals surface area contributed by atoms with Gasteiger partial charge < -0.3 is 4.74 Å². The monoisotopic (exact) mass is 400 g/mol. The number of thioether (sulfide) groups is 1. The van der Waals surface area contributed by atoms with Crippen molar-refractivity contribution in [1.29, 1.82) is 0 Å². The summed E-state index contributed by atoms with van der Waals surface area (Å²) in [5, 5.41) is 1.48. The van der Waals surface area contributed by atoms with Crippen LogP contribution in [0, 0.1) is 0 Å². The predicted octanol–water partition coefficient (Wildman–Crippen LogP) is 3.99. The van der Waals surface area contributed by atoms with Gasteiger partial charge in [-0.2, -0.15) is 0 Å². The van der Waals surface area contributed by atoms with E-state index < -0.39 is 0 Å². The van der Waals surface area contributed by atoms with Crippen LogP contribution in [-0.4, -0.2) is 22.4 Å². The number of hydrogen-bond donors (Lipinski definition) is 0. The SMILES string of the molecule is COc1ccc(C(C)=O)cc1CSc1nc2sc3c(c2c(=O)n1C)CCC3. The van der Waals surface area contributed by atoms with Gasteiger partial charge in [0.15, 0.2) is 10.9 Å². The highest BCUT2D eigenvalue weighted by molar-refractivity contribution is 7.98. The standard InChI is InChI=1S/C20H20N2O3S2/c1-11(23)12-7-8-15(25-3)13(9-12)10-26-20-21-18-17(19(24)22(20)2)14-5-4-6-16(14)27-18/h7-9H,4-6,10H2,1-3H3. The van der Waals surface area contributed by atoms with Gasteiger partial charge in [-0.1, -0.05) is 11.8 Å². The number of carbonyl (C=O) groups is 1. The Balaban J connectivity index is 1.69. The first-order chi connectivity index (χ1) is 13.0. The summed E-state index contributed by atoms with van der Waals surface area (Å²) in [6.45, 7) is 1.55. The smallest absolute Gasteiger partial charge is 0.262 e. The van der Waals surface area contributed by atoms with Crippen LogP contribution < -0.4 is 10.3 Å². The Kier molecular flexibility index (Phi) is 4.82. The summed E-state index contributed by atoms with van der Waals surface area (Å²) >= 11 is 3.14. The van der Waals surface area contributed by atoms with E-state index in [1.54, 1.807) is 43.1 Å². The lowest BCUT2D eigenvalue weighted by Crippen LogP contribution is -2.20. The van der Waals surface area contributed by atoms with Crippen LogP contribution >= 0.6 is 23.1 Å². The molecule has 2 heterocycles. The maximum Gasteiger partial charge on any atom is 0.262 e. The molecule has 0 unspecified atom stereocenters. The number of Topliss-reactive ketones (excluding diaryl/α,β-unsaturated/α-hetero) is 1. The second-order valence-corrected chi connectivity index (χ2v) is 8.69. The average Bonchev–Trinajstić information content (AvgIpc) is 3.23. The molecule has 0 spiro atoms. The van der Waals surface area contributed by atoms with Crippen LogP contribution in [0.5, 0.6) is 5.75 Å². The second kappa shape index (κ2) is 7.13. The lowest BCUT2D eigenvalue weighted by atomic mass is 10.1. The highest BCUT2D eigenvalue weighted by atomic mass is 32.2. The Hall–Kier alpha value is -2.12. The van der Waals surface area contributed by atoms with E-state index >= 15 is 0 Å². The fourth-order valence-corrected chi connectivity index (χ4v) is 5.74. The van der Waals surface area contributed by atoms with Gasteiger partial charge in [0, 0.05) is 28.8 Å². The summed E-state index contributed by atoms with van der Waals surface area (Å²) in [7, 11) is 3.39. The molecule has 0 aliphatic heterocycles. The first kappa shape index (κ1) is 18.3.